The molecule has 2 N–H and O–H groups in total. The van der Waals surface area contributed by atoms with Gasteiger partial charge in [0.15, 0.2) is 11.5 Å². The zero-order chi connectivity index (χ0) is 19.6. The highest BCUT2D eigenvalue weighted by atomic mass is 35.5. The number of nitrogens with one attached hydrogen (secondary N) is 1. The van der Waals surface area contributed by atoms with Crippen molar-refractivity contribution in [3.05, 3.63) is 64.1 Å². The van der Waals surface area contributed by atoms with Crippen LogP contribution in [0, 0.1) is 17.1 Å². The lowest BCUT2D eigenvalue weighted by Gasteiger charge is -2.08. The molecule has 0 aliphatic rings. The van der Waals surface area contributed by atoms with Gasteiger partial charge in [0.05, 0.1) is 11.6 Å². The van der Waals surface area contributed by atoms with Gasteiger partial charge >= 0.3 is 0 Å². The van der Waals surface area contributed by atoms with Gasteiger partial charge in [-0.25, -0.2) is 4.39 Å². The number of carbonyl (C=O) groups excluding carboxylic acids is 1. The van der Waals surface area contributed by atoms with E-state index in [1.807, 2.05) is 6.07 Å². The van der Waals surface area contributed by atoms with Gasteiger partial charge in [0.2, 0.25) is 5.78 Å². The number of hydrogen-bond acceptors (Lipinski definition) is 4. The predicted octanol–water partition coefficient (Wildman–Crippen LogP) is 4.85. The molecule has 1 heterocycles. The van der Waals surface area contributed by atoms with E-state index in [2.05, 4.69) is 4.98 Å². The van der Waals surface area contributed by atoms with Crippen molar-refractivity contribution in [3.63, 3.8) is 0 Å². The van der Waals surface area contributed by atoms with Crippen molar-refractivity contribution in [3.8, 4) is 17.6 Å². The SMILES string of the molecule is CCOc1cc(C=C(C#N)C(=O)c2c[nH]c3cc(F)ccc23)cc(Cl)c1O. The smallest absolute Gasteiger partial charge is 0.205 e. The molecule has 0 spiro atoms. The number of hydrogen-bond donors (Lipinski definition) is 2. The number of phenolic OH excluding ortho intramolecular Hbond substituents is 1. The summed E-state index contributed by atoms with van der Waals surface area (Å²) in [6.07, 6.45) is 2.80. The summed E-state index contributed by atoms with van der Waals surface area (Å²) in [5.41, 5.74) is 1.01. The number of ether oxygens (including phenoxy) is 1. The molecule has 1 aromatic heterocycles. The molecule has 0 saturated heterocycles. The van der Waals surface area contributed by atoms with Gasteiger partial charge in [-0.2, -0.15) is 5.26 Å². The minimum atomic E-state index is -0.516. The van der Waals surface area contributed by atoms with Gasteiger partial charge in [-0.3, -0.25) is 4.79 Å². The highest BCUT2D eigenvalue weighted by Gasteiger charge is 2.18. The summed E-state index contributed by atoms with van der Waals surface area (Å²) in [6.45, 7) is 2.06. The maximum atomic E-state index is 13.3. The number of phenols is 1. The molecule has 0 radical (unpaired) electrons. The Hall–Kier alpha value is -3.30. The van der Waals surface area contributed by atoms with Crippen LogP contribution in [0.5, 0.6) is 11.5 Å². The fourth-order valence-electron chi connectivity index (χ4n) is 2.69. The number of carbonyl (C=O) groups is 1. The number of nitrogens with zero attached hydrogens (tertiary/aromatic N) is 1. The number of aromatic nitrogens is 1. The lowest BCUT2D eigenvalue weighted by atomic mass is 10.0. The first-order valence-corrected chi connectivity index (χ1v) is 8.40. The van der Waals surface area contributed by atoms with Gasteiger partial charge < -0.3 is 14.8 Å². The van der Waals surface area contributed by atoms with E-state index in [4.69, 9.17) is 16.3 Å². The predicted molar refractivity (Wildman–Crippen MR) is 100 cm³/mol. The van der Waals surface area contributed by atoms with E-state index in [0.29, 0.717) is 23.1 Å². The van der Waals surface area contributed by atoms with E-state index in [1.54, 1.807) is 6.92 Å². The lowest BCUT2D eigenvalue weighted by Crippen LogP contribution is -2.01. The van der Waals surface area contributed by atoms with Crippen molar-refractivity contribution < 1.29 is 19.0 Å². The van der Waals surface area contributed by atoms with Gasteiger partial charge in [-0.15, -0.1) is 0 Å². The van der Waals surface area contributed by atoms with E-state index in [1.165, 1.54) is 42.6 Å². The first-order chi connectivity index (χ1) is 12.9. The normalized spacial score (nSPS) is 11.4. The Kier molecular flexibility index (Phi) is 5.15. The lowest BCUT2D eigenvalue weighted by molar-refractivity contribution is 0.104. The molecule has 0 fully saturated rings. The van der Waals surface area contributed by atoms with Crippen LogP contribution in [-0.2, 0) is 0 Å². The van der Waals surface area contributed by atoms with Crippen LogP contribution in [0.4, 0.5) is 4.39 Å². The van der Waals surface area contributed by atoms with Crippen LogP contribution in [0.3, 0.4) is 0 Å². The van der Waals surface area contributed by atoms with E-state index < -0.39 is 11.6 Å². The molecular weight excluding hydrogens is 371 g/mol. The number of allylic oxidation sites excluding steroid dienone is 1. The van der Waals surface area contributed by atoms with Crippen LogP contribution in [0.1, 0.15) is 22.8 Å². The summed E-state index contributed by atoms with van der Waals surface area (Å²) < 4.78 is 18.6. The number of aromatic hydroxyl groups is 1. The third kappa shape index (κ3) is 3.64. The van der Waals surface area contributed by atoms with Crippen LogP contribution in [0.2, 0.25) is 5.02 Å². The van der Waals surface area contributed by atoms with E-state index in [9.17, 15) is 19.6 Å². The van der Waals surface area contributed by atoms with Crippen molar-refractivity contribution >= 4 is 34.4 Å². The Morgan fingerprint density at radius 3 is 2.89 bits per heavy atom. The molecular formula is C20H14ClFN2O3. The molecule has 0 unspecified atom stereocenters. The second kappa shape index (κ2) is 7.52. The Labute approximate surface area is 159 Å². The number of Topliss-reactive ketones (excluding diaryl/α,β-unsaturated/α-hetero) is 1. The van der Waals surface area contributed by atoms with Crippen molar-refractivity contribution in [2.45, 2.75) is 6.92 Å². The van der Waals surface area contributed by atoms with Gasteiger partial charge in [-0.1, -0.05) is 11.6 Å². The summed E-state index contributed by atoms with van der Waals surface area (Å²) in [6, 6.07) is 8.79. The van der Waals surface area contributed by atoms with Crippen LogP contribution in [0.25, 0.3) is 17.0 Å². The zero-order valence-corrected chi connectivity index (χ0v) is 15.0. The molecule has 0 saturated carbocycles. The fraction of sp³-hybridized carbons (Fsp3) is 0.100. The van der Waals surface area contributed by atoms with E-state index in [-0.39, 0.29) is 27.7 Å². The van der Waals surface area contributed by atoms with Crippen molar-refractivity contribution in [2.75, 3.05) is 6.61 Å². The maximum Gasteiger partial charge on any atom is 0.205 e. The molecule has 3 aromatic rings. The number of rotatable bonds is 5. The second-order valence-electron chi connectivity index (χ2n) is 5.67. The van der Waals surface area contributed by atoms with Crippen LogP contribution >= 0.6 is 11.6 Å². The molecule has 27 heavy (non-hydrogen) atoms. The van der Waals surface area contributed by atoms with E-state index >= 15 is 0 Å². The molecule has 7 heteroatoms. The number of aromatic amines is 1. The summed E-state index contributed by atoms with van der Waals surface area (Å²) in [7, 11) is 0. The number of nitriles is 1. The minimum Gasteiger partial charge on any atom is -0.503 e. The maximum absolute atomic E-state index is 13.3. The Bertz CT molecular complexity index is 1110. The zero-order valence-electron chi connectivity index (χ0n) is 14.2. The van der Waals surface area contributed by atoms with Crippen LogP contribution in [0.15, 0.2) is 42.1 Å². The Morgan fingerprint density at radius 1 is 1.41 bits per heavy atom. The standard InChI is InChI=1S/C20H14ClFN2O3/c1-2-27-18-7-11(6-16(21)20(18)26)5-12(9-23)19(25)15-10-24-17-8-13(22)3-4-14(15)17/h3-8,10,24,26H,2H2,1H3. The molecule has 0 aliphatic carbocycles. The van der Waals surface area contributed by atoms with Crippen molar-refractivity contribution in [1.82, 2.24) is 4.98 Å². The summed E-state index contributed by atoms with van der Waals surface area (Å²) in [5.74, 6) is -0.998. The Balaban J connectivity index is 2.04. The first-order valence-electron chi connectivity index (χ1n) is 8.03. The van der Waals surface area contributed by atoms with Crippen LogP contribution in [-0.4, -0.2) is 22.5 Å². The van der Waals surface area contributed by atoms with Crippen molar-refractivity contribution in [2.24, 2.45) is 0 Å². The molecule has 3 rings (SSSR count). The largest absolute Gasteiger partial charge is 0.503 e. The number of H-pyrrole nitrogens is 1. The molecule has 0 bridgehead atoms. The van der Waals surface area contributed by atoms with Crippen LogP contribution < -0.4 is 4.74 Å². The van der Waals surface area contributed by atoms with Gasteiger partial charge in [0, 0.05) is 22.7 Å². The monoisotopic (exact) mass is 384 g/mol. The number of fused-ring (bicyclic) bond motifs is 1. The van der Waals surface area contributed by atoms with E-state index in [0.717, 1.165) is 0 Å². The third-order valence-electron chi connectivity index (χ3n) is 3.92. The first kappa shape index (κ1) is 18.5. The minimum absolute atomic E-state index is 0.0412. The quantitative estimate of drug-likeness (QED) is 0.374. The number of benzene rings is 2. The van der Waals surface area contributed by atoms with Gasteiger partial charge in [0.1, 0.15) is 17.5 Å². The average molecular weight is 385 g/mol. The van der Waals surface area contributed by atoms with Gasteiger partial charge in [0.25, 0.3) is 0 Å². The van der Waals surface area contributed by atoms with Crippen molar-refractivity contribution in [1.29, 1.82) is 5.26 Å². The second-order valence-corrected chi connectivity index (χ2v) is 6.08. The molecule has 0 aliphatic heterocycles. The number of ketones is 1. The number of halogens is 2. The summed E-state index contributed by atoms with van der Waals surface area (Å²) in [5, 5.41) is 19.9. The molecule has 136 valence electrons. The molecule has 0 amide bonds. The summed E-state index contributed by atoms with van der Waals surface area (Å²) >= 11 is 5.99. The topological polar surface area (TPSA) is 86.1 Å². The molecule has 0 atom stereocenters. The molecule has 2 aromatic carbocycles. The highest BCUT2D eigenvalue weighted by Crippen LogP contribution is 2.36. The Morgan fingerprint density at radius 2 is 2.19 bits per heavy atom. The third-order valence-corrected chi connectivity index (χ3v) is 4.20. The average Bonchev–Trinajstić information content (AvgIpc) is 3.06. The van der Waals surface area contributed by atoms with Gasteiger partial charge in [-0.05, 0) is 48.9 Å². The highest BCUT2D eigenvalue weighted by molar-refractivity contribution is 6.32. The molecule has 5 nitrogen and oxygen atoms in total. The summed E-state index contributed by atoms with van der Waals surface area (Å²) in [4.78, 5) is 15.6. The fourth-order valence-corrected chi connectivity index (χ4v) is 2.91.